The van der Waals surface area contributed by atoms with E-state index < -0.39 is 12.0 Å². The first-order valence-electron chi connectivity index (χ1n) is 5.16. The van der Waals surface area contributed by atoms with Crippen LogP contribution in [0.1, 0.15) is 27.2 Å². The Bertz CT molecular complexity index is 294. The fourth-order valence-corrected chi connectivity index (χ4v) is 1.45. The van der Waals surface area contributed by atoms with Crippen molar-refractivity contribution >= 4 is 11.9 Å². The smallest absolute Gasteiger partial charge is 0.328 e. The Labute approximate surface area is 96.0 Å². The van der Waals surface area contributed by atoms with Crippen molar-refractivity contribution in [1.29, 1.82) is 5.26 Å². The highest BCUT2D eigenvalue weighted by atomic mass is 16.5. The molecular formula is C11H18N2O3. The number of carbonyl (C=O) groups excluding carboxylic acids is 2. The fraction of sp³-hybridized carbons (Fsp3) is 0.727. The summed E-state index contributed by atoms with van der Waals surface area (Å²) in [5, 5.41) is 8.63. The maximum Gasteiger partial charge on any atom is 0.328 e. The quantitative estimate of drug-likeness (QED) is 0.517. The molecule has 0 fully saturated rings. The summed E-state index contributed by atoms with van der Waals surface area (Å²) in [7, 11) is 1.28. The van der Waals surface area contributed by atoms with Crippen LogP contribution >= 0.6 is 0 Å². The summed E-state index contributed by atoms with van der Waals surface area (Å²) in [6.07, 6.45) is 0.494. The van der Waals surface area contributed by atoms with Gasteiger partial charge in [0.1, 0.15) is 12.6 Å². The lowest BCUT2D eigenvalue weighted by molar-refractivity contribution is -0.152. The summed E-state index contributed by atoms with van der Waals surface area (Å²) in [6.45, 7) is 5.14. The maximum atomic E-state index is 11.5. The second kappa shape index (κ2) is 6.83. The van der Waals surface area contributed by atoms with Gasteiger partial charge in [0.15, 0.2) is 0 Å². The van der Waals surface area contributed by atoms with Crippen LogP contribution in [0.5, 0.6) is 0 Å². The predicted molar refractivity (Wildman–Crippen MR) is 58.3 cm³/mol. The molecule has 0 unspecified atom stereocenters. The van der Waals surface area contributed by atoms with Crippen LogP contribution in [-0.4, -0.2) is 36.5 Å². The summed E-state index contributed by atoms with van der Waals surface area (Å²) in [6, 6.07) is 1.21. The summed E-state index contributed by atoms with van der Waals surface area (Å²) >= 11 is 0. The van der Waals surface area contributed by atoms with Crippen LogP contribution in [0, 0.1) is 17.2 Å². The van der Waals surface area contributed by atoms with Gasteiger partial charge in [0.2, 0.25) is 5.91 Å². The Morgan fingerprint density at radius 3 is 2.31 bits per heavy atom. The normalized spacial score (nSPS) is 11.8. The van der Waals surface area contributed by atoms with E-state index >= 15 is 0 Å². The molecular weight excluding hydrogens is 208 g/mol. The molecule has 16 heavy (non-hydrogen) atoms. The second-order valence-corrected chi connectivity index (χ2v) is 3.97. The molecule has 0 N–H and O–H groups in total. The molecule has 0 rings (SSSR count). The number of rotatable bonds is 5. The molecule has 0 aromatic rings. The Hall–Kier alpha value is -1.57. The van der Waals surface area contributed by atoms with Gasteiger partial charge in [-0.2, -0.15) is 5.26 Å². The molecule has 0 aliphatic heterocycles. The highest BCUT2D eigenvalue weighted by Crippen LogP contribution is 2.13. The van der Waals surface area contributed by atoms with Gasteiger partial charge in [0.05, 0.1) is 13.2 Å². The van der Waals surface area contributed by atoms with Crippen molar-refractivity contribution in [3.63, 3.8) is 0 Å². The first-order valence-corrected chi connectivity index (χ1v) is 5.16. The topological polar surface area (TPSA) is 70.4 Å². The number of esters is 1. The van der Waals surface area contributed by atoms with E-state index in [9.17, 15) is 9.59 Å². The molecule has 90 valence electrons. The number of methoxy groups -OCH3 is 1. The molecule has 1 amide bonds. The minimum absolute atomic E-state index is 0.0954. The number of hydrogen-bond acceptors (Lipinski definition) is 4. The number of ether oxygens (including phenoxy) is 1. The van der Waals surface area contributed by atoms with Crippen LogP contribution in [0.25, 0.3) is 0 Å². The average molecular weight is 226 g/mol. The molecule has 0 saturated heterocycles. The third-order valence-corrected chi connectivity index (χ3v) is 2.19. The number of nitrogens with zero attached hydrogens (tertiary/aromatic N) is 2. The van der Waals surface area contributed by atoms with Gasteiger partial charge in [-0.3, -0.25) is 4.79 Å². The van der Waals surface area contributed by atoms with E-state index in [4.69, 9.17) is 5.26 Å². The highest BCUT2D eigenvalue weighted by molar-refractivity contribution is 5.83. The summed E-state index contributed by atoms with van der Waals surface area (Å²) in [4.78, 5) is 24.1. The molecule has 1 atom stereocenters. The second-order valence-electron chi connectivity index (χ2n) is 3.97. The van der Waals surface area contributed by atoms with Crippen LogP contribution < -0.4 is 0 Å². The summed E-state index contributed by atoms with van der Waals surface area (Å²) in [5.74, 6) is -0.526. The Morgan fingerprint density at radius 1 is 1.44 bits per heavy atom. The van der Waals surface area contributed by atoms with Gasteiger partial charge in [0, 0.05) is 6.92 Å². The first kappa shape index (κ1) is 14.4. The van der Waals surface area contributed by atoms with E-state index in [-0.39, 0.29) is 18.4 Å². The van der Waals surface area contributed by atoms with E-state index in [1.165, 1.54) is 18.9 Å². The standard InChI is InChI=1S/C11H18N2O3/c1-8(2)7-10(11(15)16-4)13(6-5-12)9(3)14/h8,10H,6-7H2,1-4H3/t10-/m0/s1. The monoisotopic (exact) mass is 226 g/mol. The zero-order valence-corrected chi connectivity index (χ0v) is 10.2. The minimum Gasteiger partial charge on any atom is -0.467 e. The Balaban J connectivity index is 4.89. The zero-order valence-electron chi connectivity index (χ0n) is 10.2. The molecule has 5 heteroatoms. The Kier molecular flexibility index (Phi) is 6.16. The largest absolute Gasteiger partial charge is 0.467 e. The lowest BCUT2D eigenvalue weighted by atomic mass is 10.0. The molecule has 0 radical (unpaired) electrons. The van der Waals surface area contributed by atoms with Gasteiger partial charge >= 0.3 is 5.97 Å². The predicted octanol–water partition coefficient (Wildman–Crippen LogP) is 0.946. The SMILES string of the molecule is COC(=O)[C@H](CC(C)C)N(CC#N)C(C)=O. The molecule has 0 heterocycles. The van der Waals surface area contributed by atoms with E-state index in [1.807, 2.05) is 19.9 Å². The molecule has 0 aromatic heterocycles. The molecule has 0 spiro atoms. The van der Waals surface area contributed by atoms with Crippen LogP contribution in [0.4, 0.5) is 0 Å². The first-order chi connectivity index (χ1) is 7.43. The number of amides is 1. The molecule has 0 aliphatic carbocycles. The van der Waals surface area contributed by atoms with Crippen LogP contribution in [-0.2, 0) is 14.3 Å². The molecule has 0 saturated carbocycles. The van der Waals surface area contributed by atoms with E-state index in [0.717, 1.165) is 0 Å². The van der Waals surface area contributed by atoms with Crippen molar-refractivity contribution in [2.45, 2.75) is 33.2 Å². The molecule has 0 bridgehead atoms. The fourth-order valence-electron chi connectivity index (χ4n) is 1.45. The van der Waals surface area contributed by atoms with Gasteiger partial charge in [-0.05, 0) is 12.3 Å². The van der Waals surface area contributed by atoms with Gasteiger partial charge < -0.3 is 9.64 Å². The van der Waals surface area contributed by atoms with Gasteiger partial charge in [-0.15, -0.1) is 0 Å². The maximum absolute atomic E-state index is 11.5. The minimum atomic E-state index is -0.665. The molecule has 0 aromatic carbocycles. The lowest BCUT2D eigenvalue weighted by Crippen LogP contribution is -2.45. The zero-order chi connectivity index (χ0) is 12.7. The van der Waals surface area contributed by atoms with Gasteiger partial charge in [-0.1, -0.05) is 13.8 Å². The van der Waals surface area contributed by atoms with Crippen LogP contribution in [0.2, 0.25) is 0 Å². The van der Waals surface area contributed by atoms with Crippen molar-refractivity contribution in [2.75, 3.05) is 13.7 Å². The third kappa shape index (κ3) is 4.30. The average Bonchev–Trinajstić information content (AvgIpc) is 2.21. The summed E-state index contributed by atoms with van der Waals surface area (Å²) < 4.78 is 4.65. The van der Waals surface area contributed by atoms with Crippen molar-refractivity contribution in [3.05, 3.63) is 0 Å². The third-order valence-electron chi connectivity index (χ3n) is 2.19. The van der Waals surface area contributed by atoms with Crippen molar-refractivity contribution < 1.29 is 14.3 Å². The molecule has 5 nitrogen and oxygen atoms in total. The van der Waals surface area contributed by atoms with Gasteiger partial charge in [-0.25, -0.2) is 4.79 Å². The number of carbonyl (C=O) groups is 2. The van der Waals surface area contributed by atoms with Crippen LogP contribution in [0.3, 0.4) is 0 Å². The van der Waals surface area contributed by atoms with Crippen molar-refractivity contribution in [3.8, 4) is 6.07 Å². The number of nitriles is 1. The summed E-state index contributed by atoms with van der Waals surface area (Å²) in [5.41, 5.74) is 0. The Morgan fingerprint density at radius 2 is 2.00 bits per heavy atom. The van der Waals surface area contributed by atoms with E-state index in [2.05, 4.69) is 4.74 Å². The molecule has 0 aliphatic rings. The van der Waals surface area contributed by atoms with E-state index in [1.54, 1.807) is 0 Å². The van der Waals surface area contributed by atoms with Gasteiger partial charge in [0.25, 0.3) is 0 Å². The lowest BCUT2D eigenvalue weighted by Gasteiger charge is -2.27. The van der Waals surface area contributed by atoms with Crippen molar-refractivity contribution in [2.24, 2.45) is 5.92 Å². The number of hydrogen-bond donors (Lipinski definition) is 0. The van der Waals surface area contributed by atoms with E-state index in [0.29, 0.717) is 6.42 Å². The highest BCUT2D eigenvalue weighted by Gasteiger charge is 2.29. The van der Waals surface area contributed by atoms with Crippen LogP contribution in [0.15, 0.2) is 0 Å². The van der Waals surface area contributed by atoms with Crippen molar-refractivity contribution in [1.82, 2.24) is 4.90 Å².